The van der Waals surface area contributed by atoms with Crippen LogP contribution in [0, 0.1) is 6.92 Å². The van der Waals surface area contributed by atoms with Crippen LogP contribution in [0.15, 0.2) is 43.0 Å². The Morgan fingerprint density at radius 3 is 2.60 bits per heavy atom. The van der Waals surface area contributed by atoms with Gasteiger partial charge in [0.15, 0.2) is 6.10 Å². The molecule has 0 saturated heterocycles. The van der Waals surface area contributed by atoms with Crippen molar-refractivity contribution in [3.05, 3.63) is 54.1 Å². The first kappa shape index (κ1) is 15.7. The van der Waals surface area contributed by atoms with E-state index in [1.807, 2.05) is 31.2 Å². The second-order valence-corrected chi connectivity index (χ2v) is 4.36. The lowest BCUT2D eigenvalue weighted by Crippen LogP contribution is -2.35. The van der Waals surface area contributed by atoms with E-state index in [0.717, 1.165) is 11.1 Å². The van der Waals surface area contributed by atoms with E-state index in [1.54, 1.807) is 12.2 Å². The quantitative estimate of drug-likeness (QED) is 0.491. The molecule has 0 fully saturated rings. The molecule has 0 bridgehead atoms. The topological polar surface area (TPSA) is 55.4 Å². The van der Waals surface area contributed by atoms with Crippen LogP contribution in [0.1, 0.15) is 18.1 Å². The minimum Gasteiger partial charge on any atom is -0.449 e. The average Bonchev–Trinajstić information content (AvgIpc) is 2.44. The molecule has 1 rings (SSSR count). The summed E-state index contributed by atoms with van der Waals surface area (Å²) in [6, 6.07) is 7.71. The minimum atomic E-state index is -0.829. The molecule has 0 aliphatic rings. The Kier molecular flexibility index (Phi) is 6.23. The number of nitrogens with one attached hydrogen (secondary N) is 1. The Hall–Kier alpha value is -2.36. The highest BCUT2D eigenvalue weighted by atomic mass is 16.5. The van der Waals surface area contributed by atoms with Gasteiger partial charge in [-0.25, -0.2) is 4.79 Å². The van der Waals surface area contributed by atoms with Gasteiger partial charge in [-0.15, -0.1) is 6.58 Å². The standard InChI is InChI=1S/C16H19NO3/c1-4-11-17-16(19)13(3)20-15(18)10-9-14-7-5-12(2)6-8-14/h4-10,13H,1,11H2,2-3H3,(H,17,19)/b10-9+/t13-/m1/s1. The molecule has 0 radical (unpaired) electrons. The average molecular weight is 273 g/mol. The second kappa shape index (κ2) is 7.94. The third-order valence-electron chi connectivity index (χ3n) is 2.57. The Labute approximate surface area is 119 Å². The first-order valence-electron chi connectivity index (χ1n) is 6.37. The number of esters is 1. The van der Waals surface area contributed by atoms with Crippen molar-refractivity contribution in [1.29, 1.82) is 0 Å². The van der Waals surface area contributed by atoms with Gasteiger partial charge in [0.2, 0.25) is 0 Å². The van der Waals surface area contributed by atoms with Gasteiger partial charge in [0.05, 0.1) is 0 Å². The lowest BCUT2D eigenvalue weighted by molar-refractivity contribution is -0.150. The first-order chi connectivity index (χ1) is 9.52. The van der Waals surface area contributed by atoms with Gasteiger partial charge in [0.1, 0.15) is 0 Å². The third-order valence-corrected chi connectivity index (χ3v) is 2.57. The van der Waals surface area contributed by atoms with Crippen molar-refractivity contribution in [2.24, 2.45) is 0 Å². The van der Waals surface area contributed by atoms with Gasteiger partial charge in [0, 0.05) is 12.6 Å². The van der Waals surface area contributed by atoms with E-state index in [-0.39, 0.29) is 5.91 Å². The van der Waals surface area contributed by atoms with Crippen molar-refractivity contribution < 1.29 is 14.3 Å². The van der Waals surface area contributed by atoms with E-state index < -0.39 is 12.1 Å². The van der Waals surface area contributed by atoms with Crippen molar-refractivity contribution in [3.63, 3.8) is 0 Å². The molecule has 0 saturated carbocycles. The summed E-state index contributed by atoms with van der Waals surface area (Å²) in [5.41, 5.74) is 2.05. The van der Waals surface area contributed by atoms with E-state index in [1.165, 1.54) is 13.0 Å². The highest BCUT2D eigenvalue weighted by Crippen LogP contribution is 2.05. The van der Waals surface area contributed by atoms with Gasteiger partial charge in [-0.05, 0) is 25.5 Å². The zero-order valence-electron chi connectivity index (χ0n) is 11.8. The molecule has 4 heteroatoms. The predicted octanol–water partition coefficient (Wildman–Crippen LogP) is 2.24. The number of hydrogen-bond donors (Lipinski definition) is 1. The smallest absolute Gasteiger partial charge is 0.331 e. The Bertz CT molecular complexity index is 503. The number of aryl methyl sites for hydroxylation is 1. The Morgan fingerprint density at radius 1 is 1.35 bits per heavy atom. The Morgan fingerprint density at radius 2 is 2.00 bits per heavy atom. The van der Waals surface area contributed by atoms with E-state index >= 15 is 0 Å². The fourth-order valence-corrected chi connectivity index (χ4v) is 1.43. The molecule has 1 N–H and O–H groups in total. The summed E-state index contributed by atoms with van der Waals surface area (Å²) < 4.78 is 4.98. The molecule has 106 valence electrons. The Balaban J connectivity index is 2.48. The van der Waals surface area contributed by atoms with Gasteiger partial charge < -0.3 is 10.1 Å². The molecule has 1 amide bonds. The number of ether oxygens (including phenoxy) is 1. The normalized spacial score (nSPS) is 11.9. The van der Waals surface area contributed by atoms with Crippen LogP contribution in [0.5, 0.6) is 0 Å². The van der Waals surface area contributed by atoms with Crippen molar-refractivity contribution >= 4 is 18.0 Å². The number of amides is 1. The summed E-state index contributed by atoms with van der Waals surface area (Å²) in [5.74, 6) is -0.895. The molecule has 1 aromatic rings. The van der Waals surface area contributed by atoms with E-state index in [4.69, 9.17) is 4.74 Å². The van der Waals surface area contributed by atoms with Gasteiger partial charge in [-0.1, -0.05) is 35.9 Å². The molecule has 1 atom stereocenters. The molecule has 0 unspecified atom stereocenters. The van der Waals surface area contributed by atoms with Gasteiger partial charge in [0.25, 0.3) is 5.91 Å². The van der Waals surface area contributed by atoms with Gasteiger partial charge in [-0.3, -0.25) is 4.79 Å². The van der Waals surface area contributed by atoms with Crippen molar-refractivity contribution in [1.82, 2.24) is 5.32 Å². The molecule has 0 spiro atoms. The number of rotatable bonds is 6. The summed E-state index contributed by atoms with van der Waals surface area (Å²) in [6.07, 6.45) is 3.69. The molecule has 0 aliphatic heterocycles. The number of benzene rings is 1. The van der Waals surface area contributed by atoms with E-state index in [0.29, 0.717) is 6.54 Å². The van der Waals surface area contributed by atoms with Crippen molar-refractivity contribution in [2.45, 2.75) is 20.0 Å². The summed E-state index contributed by atoms with van der Waals surface area (Å²) >= 11 is 0. The summed E-state index contributed by atoms with van der Waals surface area (Å²) in [4.78, 5) is 23.1. The molecule has 0 aliphatic carbocycles. The lowest BCUT2D eigenvalue weighted by atomic mass is 10.1. The highest BCUT2D eigenvalue weighted by molar-refractivity contribution is 5.90. The largest absolute Gasteiger partial charge is 0.449 e. The summed E-state index contributed by atoms with van der Waals surface area (Å²) in [6.45, 7) is 7.35. The zero-order chi connectivity index (χ0) is 15.0. The van der Waals surface area contributed by atoms with Gasteiger partial charge >= 0.3 is 5.97 Å². The van der Waals surface area contributed by atoms with Gasteiger partial charge in [-0.2, -0.15) is 0 Å². The molecule has 1 aromatic carbocycles. The second-order valence-electron chi connectivity index (χ2n) is 4.36. The van der Waals surface area contributed by atoms with E-state index in [2.05, 4.69) is 11.9 Å². The lowest BCUT2D eigenvalue weighted by Gasteiger charge is -2.10. The van der Waals surface area contributed by atoms with Crippen molar-refractivity contribution in [2.75, 3.05) is 6.54 Å². The molecular formula is C16H19NO3. The molecule has 0 aromatic heterocycles. The first-order valence-corrected chi connectivity index (χ1v) is 6.37. The fourth-order valence-electron chi connectivity index (χ4n) is 1.43. The fraction of sp³-hybridized carbons (Fsp3) is 0.250. The van der Waals surface area contributed by atoms with E-state index in [9.17, 15) is 9.59 Å². The van der Waals surface area contributed by atoms with Crippen LogP contribution in [0.2, 0.25) is 0 Å². The van der Waals surface area contributed by atoms with Crippen LogP contribution in [-0.2, 0) is 14.3 Å². The molecular weight excluding hydrogens is 254 g/mol. The van der Waals surface area contributed by atoms with Crippen LogP contribution in [0.3, 0.4) is 0 Å². The number of hydrogen-bond acceptors (Lipinski definition) is 3. The van der Waals surface area contributed by atoms with Crippen LogP contribution >= 0.6 is 0 Å². The number of carbonyl (C=O) groups excluding carboxylic acids is 2. The number of carbonyl (C=O) groups is 2. The molecule has 0 heterocycles. The summed E-state index contributed by atoms with van der Waals surface area (Å²) in [7, 11) is 0. The van der Waals surface area contributed by atoms with Crippen LogP contribution in [0.25, 0.3) is 6.08 Å². The van der Waals surface area contributed by atoms with Crippen LogP contribution in [0.4, 0.5) is 0 Å². The minimum absolute atomic E-state index is 0.345. The zero-order valence-corrected chi connectivity index (χ0v) is 11.8. The summed E-state index contributed by atoms with van der Waals surface area (Å²) in [5, 5.41) is 2.56. The molecule has 4 nitrogen and oxygen atoms in total. The van der Waals surface area contributed by atoms with Crippen LogP contribution < -0.4 is 5.32 Å². The maximum absolute atomic E-state index is 11.6. The monoisotopic (exact) mass is 273 g/mol. The molecule has 20 heavy (non-hydrogen) atoms. The SMILES string of the molecule is C=CCNC(=O)[C@@H](C)OC(=O)/C=C/c1ccc(C)cc1. The van der Waals surface area contributed by atoms with Crippen LogP contribution in [-0.4, -0.2) is 24.5 Å². The maximum Gasteiger partial charge on any atom is 0.331 e. The highest BCUT2D eigenvalue weighted by Gasteiger charge is 2.15. The third kappa shape index (κ3) is 5.52. The van der Waals surface area contributed by atoms with Crippen molar-refractivity contribution in [3.8, 4) is 0 Å². The predicted molar refractivity (Wildman–Crippen MR) is 79.0 cm³/mol. The maximum atomic E-state index is 11.6.